The number of ether oxygens (including phenoxy) is 1. The highest BCUT2D eigenvalue weighted by molar-refractivity contribution is 9.10. The molecule has 1 atom stereocenters. The predicted octanol–water partition coefficient (Wildman–Crippen LogP) is 3.71. The molecule has 1 fully saturated rings. The molecule has 0 spiro atoms. The number of carbonyl (C=O) groups excluding carboxylic acids is 1. The lowest BCUT2D eigenvalue weighted by Crippen LogP contribution is -2.25. The summed E-state index contributed by atoms with van der Waals surface area (Å²) in [4.78, 5) is 12.1. The molecule has 2 rings (SSSR count). The fourth-order valence-corrected chi connectivity index (χ4v) is 2.26. The number of hydrogen-bond acceptors (Lipinski definition) is 2. The number of benzene rings is 1. The zero-order valence-corrected chi connectivity index (χ0v) is 11.1. The Morgan fingerprint density at radius 1 is 1.50 bits per heavy atom. The van der Waals surface area contributed by atoms with Crippen LogP contribution >= 0.6 is 27.5 Å². The monoisotopic (exact) mass is 302 g/mol. The number of carbonyl (C=O) groups is 1. The van der Waals surface area contributed by atoms with E-state index in [4.69, 9.17) is 16.3 Å². The first-order chi connectivity index (χ1) is 7.68. The summed E-state index contributed by atoms with van der Waals surface area (Å²) < 4.78 is 6.13. The molecule has 0 N–H and O–H groups in total. The highest BCUT2D eigenvalue weighted by Crippen LogP contribution is 2.26. The van der Waals surface area contributed by atoms with Gasteiger partial charge in [-0.1, -0.05) is 17.7 Å². The summed E-state index contributed by atoms with van der Waals surface area (Å²) in [6, 6.07) is 5.31. The van der Waals surface area contributed by atoms with Gasteiger partial charge in [-0.25, -0.2) is 0 Å². The van der Waals surface area contributed by atoms with Crippen LogP contribution in [-0.4, -0.2) is 19.0 Å². The summed E-state index contributed by atoms with van der Waals surface area (Å²) in [7, 11) is 0. The summed E-state index contributed by atoms with van der Waals surface area (Å²) in [6.45, 7) is 1.30. The topological polar surface area (TPSA) is 26.3 Å². The van der Waals surface area contributed by atoms with Crippen LogP contribution in [0.4, 0.5) is 0 Å². The molecule has 86 valence electrons. The lowest BCUT2D eigenvalue weighted by atomic mass is 9.93. The minimum Gasteiger partial charge on any atom is -0.381 e. The highest BCUT2D eigenvalue weighted by Gasteiger charge is 2.23. The van der Waals surface area contributed by atoms with Gasteiger partial charge in [0.2, 0.25) is 0 Å². The standard InChI is InChI=1S/C12H12BrClO2/c13-10-4-3-8(6-11(10)14)12(15)9-2-1-5-16-7-9/h3-4,6,9H,1-2,5,7H2. The minimum absolute atomic E-state index is 0.00834. The molecule has 1 aromatic carbocycles. The van der Waals surface area contributed by atoms with Crippen molar-refractivity contribution < 1.29 is 9.53 Å². The molecule has 4 heteroatoms. The van der Waals surface area contributed by atoms with Gasteiger partial charge in [0.15, 0.2) is 5.78 Å². The third-order valence-corrected chi connectivity index (χ3v) is 3.97. The van der Waals surface area contributed by atoms with Crippen LogP contribution < -0.4 is 0 Å². The van der Waals surface area contributed by atoms with E-state index in [0.29, 0.717) is 17.2 Å². The Bertz CT molecular complexity index is 400. The van der Waals surface area contributed by atoms with Crippen LogP contribution in [0.1, 0.15) is 23.2 Å². The van der Waals surface area contributed by atoms with Crippen LogP contribution in [0.3, 0.4) is 0 Å². The summed E-state index contributed by atoms with van der Waals surface area (Å²) in [6.07, 6.45) is 1.87. The Hall–Kier alpha value is -0.380. The normalized spacial score (nSPS) is 20.8. The van der Waals surface area contributed by atoms with Crippen molar-refractivity contribution in [2.75, 3.05) is 13.2 Å². The second-order valence-corrected chi connectivity index (χ2v) is 5.17. The predicted molar refractivity (Wildman–Crippen MR) is 67.0 cm³/mol. The Kier molecular flexibility index (Phi) is 4.00. The lowest BCUT2D eigenvalue weighted by Gasteiger charge is -2.20. The smallest absolute Gasteiger partial charge is 0.168 e. The number of Topliss-reactive ketones (excluding diaryl/α,β-unsaturated/α-hetero) is 1. The van der Waals surface area contributed by atoms with E-state index in [1.54, 1.807) is 18.2 Å². The molecule has 0 radical (unpaired) electrons. The Morgan fingerprint density at radius 3 is 2.94 bits per heavy atom. The fourth-order valence-electron chi connectivity index (χ4n) is 1.83. The number of halogens is 2. The fraction of sp³-hybridized carbons (Fsp3) is 0.417. The third-order valence-electron chi connectivity index (χ3n) is 2.74. The average Bonchev–Trinajstić information content (AvgIpc) is 2.33. The van der Waals surface area contributed by atoms with Gasteiger partial charge in [-0.15, -0.1) is 0 Å². The van der Waals surface area contributed by atoms with Crippen molar-refractivity contribution in [1.82, 2.24) is 0 Å². The first kappa shape index (κ1) is 12.1. The maximum absolute atomic E-state index is 12.1. The molecule has 16 heavy (non-hydrogen) atoms. The summed E-state index contributed by atoms with van der Waals surface area (Å²) >= 11 is 9.27. The van der Waals surface area contributed by atoms with E-state index in [2.05, 4.69) is 15.9 Å². The summed E-state index contributed by atoms with van der Waals surface area (Å²) in [5, 5.41) is 0.572. The van der Waals surface area contributed by atoms with Crippen molar-refractivity contribution >= 4 is 33.3 Å². The van der Waals surface area contributed by atoms with E-state index in [-0.39, 0.29) is 11.7 Å². The molecular weight excluding hydrogens is 291 g/mol. The van der Waals surface area contributed by atoms with Gasteiger partial charge >= 0.3 is 0 Å². The van der Waals surface area contributed by atoms with Crippen molar-refractivity contribution in [3.63, 3.8) is 0 Å². The quantitative estimate of drug-likeness (QED) is 0.779. The Balaban J connectivity index is 2.16. The second kappa shape index (κ2) is 5.30. The van der Waals surface area contributed by atoms with Crippen LogP contribution in [0.15, 0.2) is 22.7 Å². The number of hydrogen-bond donors (Lipinski definition) is 0. The van der Waals surface area contributed by atoms with Gasteiger partial charge in [-0.05, 0) is 40.9 Å². The van der Waals surface area contributed by atoms with Gasteiger partial charge in [-0.2, -0.15) is 0 Å². The van der Waals surface area contributed by atoms with Gasteiger partial charge in [0.25, 0.3) is 0 Å². The van der Waals surface area contributed by atoms with E-state index in [0.717, 1.165) is 23.9 Å². The molecule has 0 amide bonds. The first-order valence-corrected chi connectivity index (χ1v) is 6.42. The molecule has 1 saturated heterocycles. The van der Waals surface area contributed by atoms with E-state index in [9.17, 15) is 4.79 Å². The van der Waals surface area contributed by atoms with Crippen LogP contribution in [-0.2, 0) is 4.74 Å². The molecule has 1 aliphatic rings. The SMILES string of the molecule is O=C(c1ccc(Br)c(Cl)c1)C1CCCOC1. The van der Waals surface area contributed by atoms with Crippen molar-refractivity contribution in [2.45, 2.75) is 12.8 Å². The number of rotatable bonds is 2. The zero-order chi connectivity index (χ0) is 11.5. The van der Waals surface area contributed by atoms with Crippen LogP contribution in [0.5, 0.6) is 0 Å². The van der Waals surface area contributed by atoms with Gasteiger partial charge < -0.3 is 4.74 Å². The van der Waals surface area contributed by atoms with Gasteiger partial charge in [0, 0.05) is 22.6 Å². The van der Waals surface area contributed by atoms with E-state index in [1.165, 1.54) is 0 Å². The Morgan fingerprint density at radius 2 is 2.31 bits per heavy atom. The van der Waals surface area contributed by atoms with E-state index < -0.39 is 0 Å². The van der Waals surface area contributed by atoms with Crippen molar-refractivity contribution in [1.29, 1.82) is 0 Å². The van der Waals surface area contributed by atoms with Gasteiger partial charge in [0.1, 0.15) is 0 Å². The molecule has 0 aliphatic carbocycles. The average molecular weight is 304 g/mol. The van der Waals surface area contributed by atoms with Crippen LogP contribution in [0.2, 0.25) is 5.02 Å². The van der Waals surface area contributed by atoms with Crippen molar-refractivity contribution in [3.05, 3.63) is 33.3 Å². The van der Waals surface area contributed by atoms with Crippen molar-refractivity contribution in [3.8, 4) is 0 Å². The minimum atomic E-state index is -0.00834. The van der Waals surface area contributed by atoms with Crippen LogP contribution in [0.25, 0.3) is 0 Å². The zero-order valence-electron chi connectivity index (χ0n) is 8.71. The molecule has 2 nitrogen and oxygen atoms in total. The molecule has 1 aromatic rings. The second-order valence-electron chi connectivity index (χ2n) is 3.91. The van der Waals surface area contributed by atoms with Gasteiger partial charge in [0.05, 0.1) is 11.6 Å². The maximum atomic E-state index is 12.1. The molecule has 1 heterocycles. The van der Waals surface area contributed by atoms with E-state index in [1.807, 2.05) is 0 Å². The molecule has 0 saturated carbocycles. The molecule has 0 aromatic heterocycles. The molecular formula is C12H12BrClO2. The van der Waals surface area contributed by atoms with Gasteiger partial charge in [-0.3, -0.25) is 4.79 Å². The maximum Gasteiger partial charge on any atom is 0.168 e. The molecule has 0 bridgehead atoms. The van der Waals surface area contributed by atoms with Crippen molar-refractivity contribution in [2.24, 2.45) is 5.92 Å². The number of ketones is 1. The largest absolute Gasteiger partial charge is 0.381 e. The summed E-state index contributed by atoms with van der Waals surface area (Å²) in [5.41, 5.74) is 0.670. The van der Waals surface area contributed by atoms with E-state index >= 15 is 0 Å². The van der Waals surface area contributed by atoms with Crippen LogP contribution in [0, 0.1) is 5.92 Å². The first-order valence-electron chi connectivity index (χ1n) is 5.25. The highest BCUT2D eigenvalue weighted by atomic mass is 79.9. The Labute approximate surface area is 108 Å². The molecule has 1 unspecified atom stereocenters. The third kappa shape index (κ3) is 2.65. The summed E-state index contributed by atoms with van der Waals surface area (Å²) in [5.74, 6) is 0.125. The lowest BCUT2D eigenvalue weighted by molar-refractivity contribution is 0.0461. The molecule has 1 aliphatic heterocycles.